The lowest BCUT2D eigenvalue weighted by molar-refractivity contribution is -0.144. The second-order valence-corrected chi connectivity index (χ2v) is 18.1. The van der Waals surface area contributed by atoms with E-state index in [1.807, 2.05) is 30.5 Å². The van der Waals surface area contributed by atoms with Gasteiger partial charge in [0.25, 0.3) is 0 Å². The van der Waals surface area contributed by atoms with Crippen LogP contribution in [0.15, 0.2) is 90.0 Å². The first kappa shape index (κ1) is 39.1. The number of nitrogens with zero attached hydrogens (tertiary/aromatic N) is 1. The highest BCUT2D eigenvalue weighted by Gasteiger charge is 2.54. The lowest BCUT2D eigenvalue weighted by atomic mass is 9.59. The summed E-state index contributed by atoms with van der Waals surface area (Å²) in [5.74, 6) is 1.84. The van der Waals surface area contributed by atoms with Crippen LogP contribution in [-0.2, 0) is 33.1 Å². The fourth-order valence-electron chi connectivity index (χ4n) is 9.32. The summed E-state index contributed by atoms with van der Waals surface area (Å²) >= 11 is 6.29. The number of aryl methyl sites for hydroxylation is 1. The van der Waals surface area contributed by atoms with Gasteiger partial charge in [0.05, 0.1) is 18.1 Å². The molecule has 1 fully saturated rings. The summed E-state index contributed by atoms with van der Waals surface area (Å²) in [6.07, 6.45) is 9.87. The Kier molecular flexibility index (Phi) is 11.8. The van der Waals surface area contributed by atoms with E-state index < -0.39 is 21.5 Å². The van der Waals surface area contributed by atoms with E-state index in [1.165, 1.54) is 16.7 Å². The molecule has 3 aliphatic rings. The summed E-state index contributed by atoms with van der Waals surface area (Å²) in [5, 5.41) is 14.6. The number of halogens is 1. The molecule has 0 aliphatic heterocycles. The number of rotatable bonds is 15. The minimum atomic E-state index is -3.58. The molecule has 4 aromatic rings. The number of aliphatic carboxylic acids is 1. The number of aromatic nitrogens is 1. The van der Waals surface area contributed by atoms with Gasteiger partial charge in [0.15, 0.2) is 0 Å². The summed E-state index contributed by atoms with van der Waals surface area (Å²) in [7, 11) is -3.58. The molecule has 55 heavy (non-hydrogen) atoms. The zero-order chi connectivity index (χ0) is 38.6. The van der Waals surface area contributed by atoms with E-state index in [4.69, 9.17) is 21.1 Å². The maximum Gasteiger partial charge on any atom is 0.329 e. The quantitative estimate of drug-likeness (QED) is 0.102. The Morgan fingerprint density at radius 1 is 1.02 bits per heavy atom. The summed E-state index contributed by atoms with van der Waals surface area (Å²) in [6, 6.07) is 24.0. The first-order valence-corrected chi connectivity index (χ1v) is 21.5. The van der Waals surface area contributed by atoms with E-state index in [0.717, 1.165) is 49.3 Å². The van der Waals surface area contributed by atoms with Crippen LogP contribution in [0.4, 0.5) is 5.69 Å². The van der Waals surface area contributed by atoms with Crippen molar-refractivity contribution in [2.75, 3.05) is 25.1 Å². The van der Waals surface area contributed by atoms with Crippen LogP contribution in [0, 0.1) is 11.8 Å². The third-order valence-electron chi connectivity index (χ3n) is 12.2. The van der Waals surface area contributed by atoms with Gasteiger partial charge < -0.3 is 19.9 Å². The summed E-state index contributed by atoms with van der Waals surface area (Å²) in [5.41, 5.74) is 4.31. The van der Waals surface area contributed by atoms with Gasteiger partial charge in [-0.1, -0.05) is 55.8 Å². The van der Waals surface area contributed by atoms with Crippen LogP contribution in [-0.4, -0.2) is 49.8 Å². The molecule has 3 atom stereocenters. The Balaban J connectivity index is 1.07. The first-order chi connectivity index (χ1) is 26.5. The van der Waals surface area contributed by atoms with Crippen molar-refractivity contribution < 1.29 is 27.8 Å². The summed E-state index contributed by atoms with van der Waals surface area (Å²) in [4.78, 5) is 17.9. The van der Waals surface area contributed by atoms with E-state index in [1.54, 1.807) is 42.5 Å². The second-order valence-electron chi connectivity index (χ2n) is 15.9. The molecule has 1 aromatic heterocycles. The highest BCUT2D eigenvalue weighted by Crippen LogP contribution is 2.57. The van der Waals surface area contributed by atoms with Gasteiger partial charge in [-0.05, 0) is 147 Å². The Morgan fingerprint density at radius 3 is 2.58 bits per heavy atom. The SMILES string of the molecule is C[C@@H](COc1ccnc2c1[C@H](C)CCC2)C[C@H]1Cc2ccc(OCCCNS(=O)(=O)c3ccccc3)cc2C12CCC(Nc1cccc(Cl)c1)(C(=O)O)CC2. The van der Waals surface area contributed by atoms with Gasteiger partial charge >= 0.3 is 5.97 Å². The van der Waals surface area contributed by atoms with Crippen molar-refractivity contribution in [1.29, 1.82) is 0 Å². The molecule has 3 aromatic carbocycles. The number of carboxylic acid groups (broad SMARTS) is 1. The van der Waals surface area contributed by atoms with Gasteiger partial charge in [-0.3, -0.25) is 4.98 Å². The van der Waals surface area contributed by atoms with Crippen molar-refractivity contribution in [3.05, 3.63) is 112 Å². The molecule has 0 bridgehead atoms. The molecule has 1 saturated carbocycles. The predicted octanol–water partition coefficient (Wildman–Crippen LogP) is 8.95. The first-order valence-electron chi connectivity index (χ1n) is 19.7. The second kappa shape index (κ2) is 16.5. The standard InChI is InChI=1S/C44H52ClN3O6S/c1-30(29-54-40-17-23-46-39-14-6-9-31(2)41(39)40)25-33-26-32-15-16-36(53-24-8-22-47-55(51,52)37-12-4-3-5-13-37)28-38(32)43(33)18-20-44(21-19-43,42(49)50)48-35-11-7-10-34(45)27-35/h3-5,7,10-13,15-17,23,27-28,30-31,33,47-48H,6,8-9,14,18-22,24-26,29H2,1-2H3,(H,49,50)/t30-,31-,33+,43?,44?/m1/s1. The number of nitrogens with one attached hydrogen (secondary N) is 2. The van der Waals surface area contributed by atoms with Crippen LogP contribution in [0.1, 0.15) is 93.5 Å². The number of fused-ring (bicyclic) bond motifs is 3. The van der Waals surface area contributed by atoms with Crippen molar-refractivity contribution >= 4 is 33.3 Å². The van der Waals surface area contributed by atoms with Crippen LogP contribution in [0.5, 0.6) is 11.5 Å². The van der Waals surface area contributed by atoms with Gasteiger partial charge in [0, 0.05) is 34.7 Å². The van der Waals surface area contributed by atoms with Gasteiger partial charge in [-0.25, -0.2) is 17.9 Å². The highest BCUT2D eigenvalue weighted by atomic mass is 35.5. The van der Waals surface area contributed by atoms with Crippen LogP contribution in [0.3, 0.4) is 0 Å². The van der Waals surface area contributed by atoms with Gasteiger partial charge in [-0.2, -0.15) is 0 Å². The molecule has 7 rings (SSSR count). The maximum absolute atomic E-state index is 13.0. The van der Waals surface area contributed by atoms with Crippen molar-refractivity contribution in [3.63, 3.8) is 0 Å². The van der Waals surface area contributed by atoms with Crippen molar-refractivity contribution in [1.82, 2.24) is 9.71 Å². The average molecular weight is 786 g/mol. The van der Waals surface area contributed by atoms with E-state index >= 15 is 0 Å². The average Bonchev–Trinajstić information content (AvgIpc) is 3.46. The van der Waals surface area contributed by atoms with Crippen molar-refractivity contribution in [2.45, 2.75) is 99.8 Å². The van der Waals surface area contributed by atoms with Gasteiger partial charge in [0.2, 0.25) is 10.0 Å². The molecule has 9 nitrogen and oxygen atoms in total. The van der Waals surface area contributed by atoms with Crippen LogP contribution >= 0.6 is 11.6 Å². The molecular weight excluding hydrogens is 734 g/mol. The van der Waals surface area contributed by atoms with Crippen LogP contribution < -0.4 is 19.5 Å². The molecule has 11 heteroatoms. The third kappa shape index (κ3) is 8.52. The molecule has 0 unspecified atom stereocenters. The normalized spacial score (nSPS) is 23.8. The van der Waals surface area contributed by atoms with Crippen LogP contribution in [0.2, 0.25) is 5.02 Å². The lowest BCUT2D eigenvalue weighted by Crippen LogP contribution is -2.53. The van der Waals surface area contributed by atoms with E-state index in [9.17, 15) is 18.3 Å². The zero-order valence-electron chi connectivity index (χ0n) is 31.7. The molecule has 0 radical (unpaired) electrons. The lowest BCUT2D eigenvalue weighted by Gasteiger charge is -2.47. The Morgan fingerprint density at radius 2 is 1.82 bits per heavy atom. The van der Waals surface area contributed by atoms with Crippen molar-refractivity contribution in [3.8, 4) is 11.5 Å². The minimum Gasteiger partial charge on any atom is -0.494 e. The number of carboxylic acids is 1. The summed E-state index contributed by atoms with van der Waals surface area (Å²) < 4.78 is 40.8. The van der Waals surface area contributed by atoms with Crippen molar-refractivity contribution in [2.24, 2.45) is 11.8 Å². The molecule has 3 N–H and O–H groups in total. The fraction of sp³-hybridized carbons (Fsp3) is 0.455. The van der Waals surface area contributed by atoms with Gasteiger partial charge in [0.1, 0.15) is 17.0 Å². The number of hydrogen-bond acceptors (Lipinski definition) is 7. The largest absolute Gasteiger partial charge is 0.494 e. The topological polar surface area (TPSA) is 127 Å². The highest BCUT2D eigenvalue weighted by molar-refractivity contribution is 7.89. The number of sulfonamides is 1. The maximum atomic E-state index is 13.0. The molecule has 1 spiro atoms. The molecule has 0 amide bonds. The molecule has 3 aliphatic carbocycles. The molecular formula is C44H52ClN3O6S. The number of hydrogen-bond donors (Lipinski definition) is 3. The molecule has 0 saturated heterocycles. The van der Waals surface area contributed by atoms with E-state index in [-0.39, 0.29) is 22.8 Å². The zero-order valence-corrected chi connectivity index (χ0v) is 33.3. The molecule has 1 heterocycles. The number of ether oxygens (including phenoxy) is 2. The Bertz CT molecular complexity index is 2090. The number of carbonyl (C=O) groups is 1. The number of benzene rings is 3. The fourth-order valence-corrected chi connectivity index (χ4v) is 10.6. The number of anilines is 1. The van der Waals surface area contributed by atoms with Crippen LogP contribution in [0.25, 0.3) is 0 Å². The predicted molar refractivity (Wildman–Crippen MR) is 216 cm³/mol. The smallest absolute Gasteiger partial charge is 0.329 e. The van der Waals surface area contributed by atoms with E-state index in [2.05, 4.69) is 41.0 Å². The van der Waals surface area contributed by atoms with Gasteiger partial charge in [-0.15, -0.1) is 0 Å². The van der Waals surface area contributed by atoms with E-state index in [0.29, 0.717) is 67.9 Å². The Hall–Kier alpha value is -4.12. The monoisotopic (exact) mass is 785 g/mol. The third-order valence-corrected chi connectivity index (χ3v) is 13.9. The minimum absolute atomic E-state index is 0.229. The summed E-state index contributed by atoms with van der Waals surface area (Å²) in [6.45, 7) is 5.74. The molecule has 292 valence electrons. The number of pyridine rings is 1. The Labute approximate surface area is 330 Å².